The second kappa shape index (κ2) is 9.43. The van der Waals surface area contributed by atoms with E-state index in [1.165, 1.54) is 24.3 Å². The fraction of sp³-hybridized carbons (Fsp3) is 0.250. The van der Waals surface area contributed by atoms with Gasteiger partial charge in [-0.15, -0.1) is 0 Å². The van der Waals surface area contributed by atoms with E-state index in [0.29, 0.717) is 22.4 Å². The maximum absolute atomic E-state index is 15.3. The third-order valence-electron chi connectivity index (χ3n) is 7.06. The van der Waals surface area contributed by atoms with E-state index in [0.717, 1.165) is 42.4 Å². The molecule has 1 aromatic heterocycles. The second-order valence-electron chi connectivity index (χ2n) is 9.67. The monoisotopic (exact) mass is 537 g/mol. The van der Waals surface area contributed by atoms with Gasteiger partial charge >= 0.3 is 0 Å². The smallest absolute Gasteiger partial charge is 0.258 e. The summed E-state index contributed by atoms with van der Waals surface area (Å²) in [4.78, 5) is 34.7. The molecular weight excluding hydrogens is 512 g/mol. The molecule has 0 saturated carbocycles. The van der Waals surface area contributed by atoms with E-state index < -0.39 is 32.5 Å². The van der Waals surface area contributed by atoms with Gasteiger partial charge in [-0.25, -0.2) is 22.2 Å². The van der Waals surface area contributed by atoms with Gasteiger partial charge < -0.3 is 9.88 Å². The average Bonchev–Trinajstić information content (AvgIpc) is 3.25. The van der Waals surface area contributed by atoms with Gasteiger partial charge in [-0.05, 0) is 78.9 Å². The number of nitrogens with one attached hydrogen (secondary N) is 1. The molecule has 10 heteroatoms. The Morgan fingerprint density at radius 3 is 2.47 bits per heavy atom. The van der Waals surface area contributed by atoms with Crippen LogP contribution in [-0.2, 0) is 16.3 Å². The van der Waals surface area contributed by atoms with Crippen molar-refractivity contribution in [2.75, 3.05) is 18.2 Å². The quantitative estimate of drug-likeness (QED) is 0.361. The topological polar surface area (TPSA) is 100 Å². The summed E-state index contributed by atoms with van der Waals surface area (Å²) in [7, 11) is -2.17. The number of hydrogen-bond acceptors (Lipinski definition) is 6. The standard InChI is InChI=1S/C28H25F2N3O4S/c1-15-31-24-12-17-6-11-25(21(17)14-22(24)28(35)32-15)33(2)19-9-10-20(23(30)13-19)26(34)27(38(3,36)37)16-4-7-18(29)8-5-16/h4-5,7-10,12-14,25,27H,6,11H2,1-3H3,(H,31,32,35). The molecule has 1 aliphatic carbocycles. The van der Waals surface area contributed by atoms with Gasteiger partial charge in [0.05, 0.1) is 22.5 Å². The summed E-state index contributed by atoms with van der Waals surface area (Å²) in [6.07, 6.45) is 2.39. The molecule has 7 nitrogen and oxygen atoms in total. The Labute approximate surface area is 218 Å². The summed E-state index contributed by atoms with van der Waals surface area (Å²) < 4.78 is 53.6. The summed E-state index contributed by atoms with van der Waals surface area (Å²) in [6.45, 7) is 1.73. The van der Waals surface area contributed by atoms with Crippen LogP contribution in [-0.4, -0.2) is 37.5 Å². The molecule has 4 aromatic rings. The zero-order valence-corrected chi connectivity index (χ0v) is 21.8. The molecule has 196 valence electrons. The lowest BCUT2D eigenvalue weighted by Crippen LogP contribution is -2.24. The number of aromatic nitrogens is 2. The summed E-state index contributed by atoms with van der Waals surface area (Å²) in [5.74, 6) is -1.82. The van der Waals surface area contributed by atoms with Gasteiger partial charge in [-0.2, -0.15) is 0 Å². The number of aromatic amines is 1. The van der Waals surface area contributed by atoms with Crippen LogP contribution in [0.15, 0.2) is 59.4 Å². The minimum absolute atomic E-state index is 0.0638. The van der Waals surface area contributed by atoms with E-state index in [1.54, 1.807) is 20.0 Å². The third-order valence-corrected chi connectivity index (χ3v) is 8.41. The van der Waals surface area contributed by atoms with Crippen molar-refractivity contribution in [2.45, 2.75) is 31.1 Å². The highest BCUT2D eigenvalue weighted by molar-refractivity contribution is 7.91. The molecule has 2 atom stereocenters. The number of carbonyl (C=O) groups is 1. The van der Waals surface area contributed by atoms with Crippen molar-refractivity contribution in [3.05, 3.63) is 105 Å². The van der Waals surface area contributed by atoms with E-state index in [2.05, 4.69) is 9.97 Å². The van der Waals surface area contributed by atoms with Gasteiger partial charge in [0.15, 0.2) is 15.6 Å². The van der Waals surface area contributed by atoms with Crippen LogP contribution in [0.2, 0.25) is 0 Å². The predicted molar refractivity (Wildman–Crippen MR) is 141 cm³/mol. The molecule has 0 aliphatic heterocycles. The first-order valence-electron chi connectivity index (χ1n) is 12.0. The Balaban J connectivity index is 1.47. The number of halogens is 2. The summed E-state index contributed by atoms with van der Waals surface area (Å²) >= 11 is 0. The Hall–Kier alpha value is -3.92. The SMILES string of the molecule is Cc1nc2cc3c(cc2c(=O)[nH]1)C(N(C)c1ccc(C(=O)C(c2ccc(F)cc2)S(C)(=O)=O)c(F)c1)CC3. The number of Topliss-reactive ketones (excluding diaryl/α,β-unsaturated/α-hetero) is 1. The minimum Gasteiger partial charge on any atom is -0.367 e. The number of carbonyl (C=O) groups excluding carboxylic acids is 1. The molecule has 38 heavy (non-hydrogen) atoms. The summed E-state index contributed by atoms with van der Waals surface area (Å²) in [5, 5.41) is -1.18. The number of H-pyrrole nitrogens is 1. The van der Waals surface area contributed by atoms with Gasteiger partial charge in [0.1, 0.15) is 22.7 Å². The first-order chi connectivity index (χ1) is 17.9. The van der Waals surface area contributed by atoms with Crippen LogP contribution in [0, 0.1) is 18.6 Å². The number of aryl methyl sites for hydroxylation is 2. The van der Waals surface area contributed by atoms with E-state index >= 15 is 4.39 Å². The van der Waals surface area contributed by atoms with Crippen LogP contribution in [0.3, 0.4) is 0 Å². The van der Waals surface area contributed by atoms with Crippen LogP contribution < -0.4 is 10.5 Å². The van der Waals surface area contributed by atoms with Crippen LogP contribution >= 0.6 is 0 Å². The molecule has 0 saturated heterocycles. The highest BCUT2D eigenvalue weighted by Crippen LogP contribution is 2.39. The number of rotatable bonds is 6. The van der Waals surface area contributed by atoms with Gasteiger partial charge in [-0.3, -0.25) is 9.59 Å². The fourth-order valence-corrected chi connectivity index (χ4v) is 6.38. The summed E-state index contributed by atoms with van der Waals surface area (Å²) in [6, 6.07) is 12.2. The Morgan fingerprint density at radius 2 is 1.82 bits per heavy atom. The maximum Gasteiger partial charge on any atom is 0.258 e. The lowest BCUT2D eigenvalue weighted by Gasteiger charge is -2.28. The number of nitrogens with zero attached hydrogens (tertiary/aromatic N) is 2. The molecule has 0 bridgehead atoms. The molecular formula is C28H25F2N3O4S. The van der Waals surface area contributed by atoms with Gasteiger partial charge in [0, 0.05) is 19.0 Å². The second-order valence-corrected chi connectivity index (χ2v) is 11.8. The lowest BCUT2D eigenvalue weighted by atomic mass is 10.0. The lowest BCUT2D eigenvalue weighted by molar-refractivity contribution is 0.0983. The molecule has 0 spiro atoms. The zero-order valence-electron chi connectivity index (χ0n) is 21.0. The summed E-state index contributed by atoms with van der Waals surface area (Å²) in [5.41, 5.74) is 2.61. The van der Waals surface area contributed by atoms with Crippen molar-refractivity contribution in [2.24, 2.45) is 0 Å². The molecule has 1 N–H and O–H groups in total. The number of ketones is 1. The van der Waals surface area contributed by atoms with Crippen molar-refractivity contribution in [3.8, 4) is 0 Å². The van der Waals surface area contributed by atoms with E-state index in [9.17, 15) is 22.4 Å². The van der Waals surface area contributed by atoms with Gasteiger partial charge in [0.25, 0.3) is 5.56 Å². The predicted octanol–water partition coefficient (Wildman–Crippen LogP) is 4.60. The number of sulfone groups is 1. The Morgan fingerprint density at radius 1 is 1.11 bits per heavy atom. The third kappa shape index (κ3) is 4.60. The normalized spacial score (nSPS) is 15.9. The number of fused-ring (bicyclic) bond motifs is 2. The maximum atomic E-state index is 15.3. The molecule has 2 unspecified atom stereocenters. The molecule has 1 aliphatic rings. The van der Waals surface area contributed by atoms with Crippen molar-refractivity contribution in [1.29, 1.82) is 0 Å². The molecule has 3 aromatic carbocycles. The van der Waals surface area contributed by atoms with E-state index in [-0.39, 0.29) is 22.7 Å². The Kier molecular flexibility index (Phi) is 6.38. The number of benzene rings is 3. The fourth-order valence-electron chi connectivity index (χ4n) is 5.21. The largest absolute Gasteiger partial charge is 0.367 e. The first kappa shape index (κ1) is 25.7. The highest BCUT2D eigenvalue weighted by Gasteiger charge is 2.34. The molecule has 0 amide bonds. The van der Waals surface area contributed by atoms with E-state index in [1.807, 2.05) is 17.0 Å². The van der Waals surface area contributed by atoms with Crippen molar-refractivity contribution in [1.82, 2.24) is 9.97 Å². The van der Waals surface area contributed by atoms with Crippen LogP contribution in [0.4, 0.5) is 14.5 Å². The first-order valence-corrected chi connectivity index (χ1v) is 13.9. The van der Waals surface area contributed by atoms with Crippen molar-refractivity contribution < 1.29 is 22.0 Å². The van der Waals surface area contributed by atoms with E-state index in [4.69, 9.17) is 0 Å². The van der Waals surface area contributed by atoms with Crippen LogP contribution in [0.5, 0.6) is 0 Å². The minimum atomic E-state index is -3.97. The van der Waals surface area contributed by atoms with Crippen molar-refractivity contribution >= 4 is 32.2 Å². The van der Waals surface area contributed by atoms with Gasteiger partial charge in [0.2, 0.25) is 0 Å². The highest BCUT2D eigenvalue weighted by atomic mass is 32.2. The number of hydrogen-bond donors (Lipinski definition) is 1. The molecule has 0 radical (unpaired) electrons. The molecule has 1 heterocycles. The van der Waals surface area contributed by atoms with Crippen LogP contribution in [0.1, 0.15) is 50.6 Å². The molecule has 5 rings (SSSR count). The average molecular weight is 538 g/mol. The van der Waals surface area contributed by atoms with Crippen LogP contribution in [0.25, 0.3) is 10.9 Å². The zero-order chi connectivity index (χ0) is 27.4. The number of anilines is 1. The van der Waals surface area contributed by atoms with Gasteiger partial charge in [-0.1, -0.05) is 12.1 Å². The van der Waals surface area contributed by atoms with Crippen molar-refractivity contribution in [3.63, 3.8) is 0 Å². The Bertz CT molecular complexity index is 1750. The molecule has 0 fully saturated rings.